The van der Waals surface area contributed by atoms with E-state index >= 15 is 0 Å². The van der Waals surface area contributed by atoms with Crippen LogP contribution in [0.4, 0.5) is 0 Å². The number of benzene rings is 2. The van der Waals surface area contributed by atoms with Crippen molar-refractivity contribution in [2.75, 3.05) is 6.61 Å². The highest BCUT2D eigenvalue weighted by Gasteiger charge is 2.13. The summed E-state index contributed by atoms with van der Waals surface area (Å²) in [5.74, 6) is 0.854. The van der Waals surface area contributed by atoms with Crippen LogP contribution < -0.4 is 10.1 Å². The molecule has 0 saturated heterocycles. The van der Waals surface area contributed by atoms with E-state index in [0.29, 0.717) is 11.6 Å². The van der Waals surface area contributed by atoms with Gasteiger partial charge in [0, 0.05) is 22.7 Å². The summed E-state index contributed by atoms with van der Waals surface area (Å²) in [6, 6.07) is 12.4. The Morgan fingerprint density at radius 2 is 1.90 bits per heavy atom. The van der Waals surface area contributed by atoms with Crippen LogP contribution >= 0.6 is 11.6 Å². The highest BCUT2D eigenvalue weighted by Crippen LogP contribution is 2.29. The molecule has 0 heterocycles. The molecule has 0 aliphatic heterocycles. The normalized spacial score (nSPS) is 11.6. The van der Waals surface area contributed by atoms with Crippen molar-refractivity contribution in [3.8, 4) is 5.75 Å². The molecular weight excluding hydrogens is 282 g/mol. The van der Waals surface area contributed by atoms with Gasteiger partial charge in [-0.3, -0.25) is 0 Å². The predicted octanol–water partition coefficient (Wildman–Crippen LogP) is 4.86. The van der Waals surface area contributed by atoms with E-state index < -0.39 is 0 Å². The highest BCUT2D eigenvalue weighted by molar-refractivity contribution is 6.29. The molecule has 0 spiro atoms. The van der Waals surface area contributed by atoms with Crippen molar-refractivity contribution in [1.82, 2.24) is 5.32 Å². The minimum Gasteiger partial charge on any atom is -0.488 e. The number of nitrogens with one attached hydrogen (secondary N) is 1. The lowest BCUT2D eigenvalue weighted by Gasteiger charge is -2.22. The lowest BCUT2D eigenvalue weighted by molar-refractivity contribution is 0.350. The van der Waals surface area contributed by atoms with Gasteiger partial charge >= 0.3 is 0 Å². The Balaban J connectivity index is 2.39. The Morgan fingerprint density at radius 1 is 1.19 bits per heavy atom. The van der Waals surface area contributed by atoms with Gasteiger partial charge in [-0.05, 0) is 37.6 Å². The predicted molar refractivity (Wildman–Crippen MR) is 91.0 cm³/mol. The van der Waals surface area contributed by atoms with Gasteiger partial charge in [0.2, 0.25) is 0 Å². The number of hydrogen-bond acceptors (Lipinski definition) is 2. The smallest absolute Gasteiger partial charge is 0.124 e. The van der Waals surface area contributed by atoms with E-state index in [4.69, 9.17) is 16.3 Å². The van der Waals surface area contributed by atoms with E-state index in [1.165, 1.54) is 10.8 Å². The molecule has 2 aromatic carbocycles. The van der Waals surface area contributed by atoms with E-state index in [2.05, 4.69) is 50.9 Å². The SMILES string of the molecule is C=C(Cl)COc1ccc2ccccc2c1CNC(C)(C)C. The first-order chi connectivity index (χ1) is 9.87. The minimum absolute atomic E-state index is 0.0459. The van der Waals surface area contributed by atoms with Crippen LogP contribution in [0.2, 0.25) is 0 Å². The molecule has 0 aromatic heterocycles. The second-order valence-electron chi connectivity index (χ2n) is 6.17. The molecule has 0 fully saturated rings. The zero-order valence-electron chi connectivity index (χ0n) is 12.9. The van der Waals surface area contributed by atoms with Crippen molar-refractivity contribution in [2.24, 2.45) is 0 Å². The maximum absolute atomic E-state index is 5.81. The highest BCUT2D eigenvalue weighted by atomic mass is 35.5. The topological polar surface area (TPSA) is 21.3 Å². The lowest BCUT2D eigenvalue weighted by Crippen LogP contribution is -2.35. The van der Waals surface area contributed by atoms with E-state index in [0.717, 1.165) is 17.9 Å². The van der Waals surface area contributed by atoms with E-state index in [1.54, 1.807) is 0 Å². The Hall–Kier alpha value is -1.51. The molecule has 0 amide bonds. The molecule has 0 aliphatic rings. The maximum atomic E-state index is 5.81. The molecule has 112 valence electrons. The monoisotopic (exact) mass is 303 g/mol. The molecule has 2 nitrogen and oxygen atoms in total. The zero-order chi connectivity index (χ0) is 15.5. The van der Waals surface area contributed by atoms with Crippen LogP contribution in [0.5, 0.6) is 5.75 Å². The quantitative estimate of drug-likeness (QED) is 0.851. The van der Waals surface area contributed by atoms with E-state index in [-0.39, 0.29) is 5.54 Å². The van der Waals surface area contributed by atoms with Crippen LogP contribution in [-0.2, 0) is 6.54 Å². The van der Waals surface area contributed by atoms with Crippen molar-refractivity contribution in [2.45, 2.75) is 32.9 Å². The second-order valence-corrected chi connectivity index (χ2v) is 6.71. The van der Waals surface area contributed by atoms with Crippen molar-refractivity contribution in [1.29, 1.82) is 0 Å². The first-order valence-electron chi connectivity index (χ1n) is 7.08. The first kappa shape index (κ1) is 15.9. The number of rotatable bonds is 5. The van der Waals surface area contributed by atoms with Gasteiger partial charge < -0.3 is 10.1 Å². The summed E-state index contributed by atoms with van der Waals surface area (Å²) in [5.41, 5.74) is 1.20. The molecule has 0 bridgehead atoms. The van der Waals surface area contributed by atoms with E-state index in [1.807, 2.05) is 18.2 Å². The van der Waals surface area contributed by atoms with Crippen LogP contribution in [-0.4, -0.2) is 12.1 Å². The van der Waals surface area contributed by atoms with Gasteiger partial charge in [-0.25, -0.2) is 0 Å². The molecule has 2 rings (SSSR count). The lowest BCUT2D eigenvalue weighted by atomic mass is 10.0. The molecule has 3 heteroatoms. The maximum Gasteiger partial charge on any atom is 0.124 e. The van der Waals surface area contributed by atoms with Crippen LogP contribution in [0.15, 0.2) is 48.0 Å². The van der Waals surface area contributed by atoms with Crippen LogP contribution in [0.3, 0.4) is 0 Å². The largest absolute Gasteiger partial charge is 0.488 e. The molecule has 21 heavy (non-hydrogen) atoms. The average molecular weight is 304 g/mol. The fourth-order valence-corrected chi connectivity index (χ4v) is 2.20. The molecule has 0 radical (unpaired) electrons. The van der Waals surface area contributed by atoms with Crippen molar-refractivity contribution < 1.29 is 4.74 Å². The molecule has 1 N–H and O–H groups in total. The number of fused-ring (bicyclic) bond motifs is 1. The Kier molecular flexibility index (Phi) is 4.92. The summed E-state index contributed by atoms with van der Waals surface area (Å²) in [4.78, 5) is 0. The van der Waals surface area contributed by atoms with Crippen molar-refractivity contribution in [3.63, 3.8) is 0 Å². The number of hydrogen-bond donors (Lipinski definition) is 1. The third kappa shape index (κ3) is 4.48. The number of halogens is 1. The third-order valence-electron chi connectivity index (χ3n) is 3.18. The second kappa shape index (κ2) is 6.50. The van der Waals surface area contributed by atoms with Gasteiger partial charge in [-0.1, -0.05) is 48.5 Å². The third-order valence-corrected chi connectivity index (χ3v) is 3.29. The molecule has 0 saturated carbocycles. The van der Waals surface area contributed by atoms with Crippen LogP contribution in [0.25, 0.3) is 10.8 Å². The summed E-state index contributed by atoms with van der Waals surface area (Å²) in [7, 11) is 0. The minimum atomic E-state index is 0.0459. The van der Waals surface area contributed by atoms with E-state index in [9.17, 15) is 0 Å². The van der Waals surface area contributed by atoms with Crippen molar-refractivity contribution >= 4 is 22.4 Å². The standard InChI is InChI=1S/C18H22ClNO/c1-13(19)12-21-17-10-9-14-7-5-6-8-15(14)16(17)11-20-18(2,3)4/h5-10,20H,1,11-12H2,2-4H3. The summed E-state index contributed by atoms with van der Waals surface area (Å²) >= 11 is 5.81. The zero-order valence-corrected chi connectivity index (χ0v) is 13.6. The molecule has 2 aromatic rings. The van der Waals surface area contributed by atoms with Gasteiger partial charge in [-0.15, -0.1) is 0 Å². The summed E-state index contributed by atoms with van der Waals surface area (Å²) < 4.78 is 5.80. The summed E-state index contributed by atoms with van der Waals surface area (Å²) in [6.45, 7) is 11.2. The summed E-state index contributed by atoms with van der Waals surface area (Å²) in [5, 5.41) is 6.43. The Morgan fingerprint density at radius 3 is 2.57 bits per heavy atom. The van der Waals surface area contributed by atoms with Crippen molar-refractivity contribution in [3.05, 3.63) is 53.6 Å². The average Bonchev–Trinajstić information content (AvgIpc) is 2.42. The van der Waals surface area contributed by atoms with Crippen LogP contribution in [0.1, 0.15) is 26.3 Å². The molecule has 0 aliphatic carbocycles. The van der Waals surface area contributed by atoms with Gasteiger partial charge in [-0.2, -0.15) is 0 Å². The fraction of sp³-hybridized carbons (Fsp3) is 0.333. The van der Waals surface area contributed by atoms with Crippen LogP contribution in [0, 0.1) is 0 Å². The molecule has 0 unspecified atom stereocenters. The fourth-order valence-electron chi connectivity index (χ4n) is 2.14. The Bertz CT molecular complexity index is 643. The van der Waals surface area contributed by atoms with Gasteiger partial charge in [0.05, 0.1) is 0 Å². The number of ether oxygens (including phenoxy) is 1. The van der Waals surface area contributed by atoms with Gasteiger partial charge in [0.1, 0.15) is 12.4 Å². The molecule has 0 atom stereocenters. The van der Waals surface area contributed by atoms with Gasteiger partial charge in [0.15, 0.2) is 0 Å². The summed E-state index contributed by atoms with van der Waals surface area (Å²) in [6.07, 6.45) is 0. The van der Waals surface area contributed by atoms with Gasteiger partial charge in [0.25, 0.3) is 0 Å². The Labute approximate surface area is 131 Å². The molecular formula is C18H22ClNO. The first-order valence-corrected chi connectivity index (χ1v) is 7.46.